The lowest BCUT2D eigenvalue weighted by Crippen LogP contribution is -2.37. The number of rotatable bonds is 7. The molecular weight excluding hydrogens is 312 g/mol. The molecule has 0 radical (unpaired) electrons. The molecule has 1 aromatic rings. The Morgan fingerprint density at radius 3 is 2.00 bits per heavy atom. The van der Waals surface area contributed by atoms with Crippen molar-refractivity contribution in [1.29, 1.82) is 0 Å². The van der Waals surface area contributed by atoms with E-state index in [0.717, 1.165) is 11.8 Å². The summed E-state index contributed by atoms with van der Waals surface area (Å²) in [6.07, 6.45) is 1.08. The normalized spacial score (nSPS) is 15.6. The lowest BCUT2D eigenvalue weighted by molar-refractivity contribution is 0.564. The predicted octanol–water partition coefficient (Wildman–Crippen LogP) is 0.678. The number of sulfone groups is 1. The van der Waals surface area contributed by atoms with Gasteiger partial charge in [0.15, 0.2) is 0 Å². The second kappa shape index (κ2) is 6.87. The molecule has 0 heterocycles. The molecule has 0 aromatic heterocycles. The topological polar surface area (TPSA) is 92.3 Å². The van der Waals surface area contributed by atoms with Crippen molar-refractivity contribution >= 4 is 19.9 Å². The first kappa shape index (κ1) is 18.1. The van der Waals surface area contributed by atoms with Gasteiger partial charge in [0.1, 0.15) is 9.84 Å². The summed E-state index contributed by atoms with van der Waals surface area (Å²) in [4.78, 5) is 0.120. The zero-order chi connectivity index (χ0) is 16.3. The molecule has 0 saturated carbocycles. The lowest BCUT2D eigenvalue weighted by atomic mass is 10.1. The van der Waals surface area contributed by atoms with Crippen LogP contribution in [0, 0.1) is 0 Å². The maximum Gasteiger partial charge on any atom is 0.240 e. The van der Waals surface area contributed by atoms with Crippen LogP contribution in [0.5, 0.6) is 0 Å². The van der Waals surface area contributed by atoms with E-state index in [1.54, 1.807) is 12.1 Å². The van der Waals surface area contributed by atoms with Crippen LogP contribution in [-0.4, -0.2) is 41.9 Å². The van der Waals surface area contributed by atoms with Crippen molar-refractivity contribution in [2.24, 2.45) is 0 Å². The molecule has 6 nitrogen and oxygen atoms in total. The summed E-state index contributed by atoms with van der Waals surface area (Å²) >= 11 is 0. The van der Waals surface area contributed by atoms with E-state index in [1.807, 2.05) is 14.0 Å². The van der Waals surface area contributed by atoms with Gasteiger partial charge >= 0.3 is 0 Å². The monoisotopic (exact) mass is 334 g/mol. The first-order valence-corrected chi connectivity index (χ1v) is 10.1. The molecule has 1 rings (SSSR count). The summed E-state index contributed by atoms with van der Waals surface area (Å²) in [7, 11) is -5.13. The second-order valence-corrected chi connectivity index (χ2v) is 9.09. The van der Waals surface area contributed by atoms with Crippen molar-refractivity contribution in [3.8, 4) is 0 Å². The van der Waals surface area contributed by atoms with E-state index in [-0.39, 0.29) is 16.7 Å². The van der Waals surface area contributed by atoms with E-state index in [4.69, 9.17) is 0 Å². The smallest absolute Gasteiger partial charge is 0.240 e. The van der Waals surface area contributed by atoms with Crippen molar-refractivity contribution in [3.05, 3.63) is 29.8 Å². The van der Waals surface area contributed by atoms with Gasteiger partial charge in [0.2, 0.25) is 10.0 Å². The van der Waals surface area contributed by atoms with E-state index >= 15 is 0 Å². The maximum absolute atomic E-state index is 12.2. The Hall–Kier alpha value is -0.960. The molecule has 0 bridgehead atoms. The maximum atomic E-state index is 12.2. The van der Waals surface area contributed by atoms with Crippen molar-refractivity contribution in [2.45, 2.75) is 30.8 Å². The Morgan fingerprint density at radius 1 is 1.05 bits per heavy atom. The van der Waals surface area contributed by atoms with Crippen molar-refractivity contribution in [3.63, 3.8) is 0 Å². The molecular formula is C13H22N2O4S2. The van der Waals surface area contributed by atoms with Gasteiger partial charge in [-0.1, -0.05) is 12.1 Å². The van der Waals surface area contributed by atoms with Crippen LogP contribution < -0.4 is 10.0 Å². The van der Waals surface area contributed by atoms with Crippen molar-refractivity contribution in [1.82, 2.24) is 10.0 Å². The molecule has 120 valence electrons. The molecule has 21 heavy (non-hydrogen) atoms. The Kier molecular flexibility index (Phi) is 5.92. The van der Waals surface area contributed by atoms with Crippen molar-refractivity contribution in [2.75, 3.05) is 19.1 Å². The van der Waals surface area contributed by atoms with E-state index in [9.17, 15) is 16.8 Å². The third-order valence-electron chi connectivity index (χ3n) is 3.03. The van der Waals surface area contributed by atoms with Crippen LogP contribution in [0.25, 0.3) is 0 Å². The first-order valence-electron chi connectivity index (χ1n) is 6.52. The predicted molar refractivity (Wildman–Crippen MR) is 83.4 cm³/mol. The molecule has 0 fully saturated rings. The Labute approximate surface area is 126 Å². The summed E-state index contributed by atoms with van der Waals surface area (Å²) in [5, 5.41) is 3.07. The largest absolute Gasteiger partial charge is 0.313 e. The molecule has 0 spiro atoms. The fourth-order valence-corrected chi connectivity index (χ4v) is 4.26. The van der Waals surface area contributed by atoms with Gasteiger partial charge in [-0.2, -0.15) is 0 Å². The molecule has 8 heteroatoms. The van der Waals surface area contributed by atoms with Gasteiger partial charge < -0.3 is 5.32 Å². The third-order valence-corrected chi connectivity index (χ3v) is 5.74. The van der Waals surface area contributed by atoms with Crippen LogP contribution in [0.1, 0.15) is 25.5 Å². The summed E-state index contributed by atoms with van der Waals surface area (Å²) in [5.41, 5.74) is 0.973. The van der Waals surface area contributed by atoms with E-state index in [2.05, 4.69) is 10.0 Å². The minimum absolute atomic E-state index is 0.120. The van der Waals surface area contributed by atoms with Crippen LogP contribution in [0.15, 0.2) is 29.2 Å². The lowest BCUT2D eigenvalue weighted by Gasteiger charge is -2.14. The Bertz CT molecular complexity index is 667. The first-order chi connectivity index (χ1) is 9.55. The van der Waals surface area contributed by atoms with E-state index in [1.165, 1.54) is 19.1 Å². The van der Waals surface area contributed by atoms with Gasteiger partial charge in [-0.3, -0.25) is 0 Å². The van der Waals surface area contributed by atoms with Crippen LogP contribution in [0.3, 0.4) is 0 Å². The highest BCUT2D eigenvalue weighted by molar-refractivity contribution is 7.91. The summed E-state index contributed by atoms with van der Waals surface area (Å²) in [6, 6.07) is 5.94. The fraction of sp³-hybridized carbons (Fsp3) is 0.538. The molecule has 0 aliphatic carbocycles. The Morgan fingerprint density at radius 2 is 1.57 bits per heavy atom. The van der Waals surface area contributed by atoms with Gasteiger partial charge in [0, 0.05) is 18.3 Å². The standard InChI is InChI=1S/C13H22N2O4S2/c1-10(9-20(4,16)17)15-21(18,19)13-7-5-12(6-8-13)11(2)14-3/h5-8,10-11,14-15H,9H2,1-4H3. The molecule has 0 aliphatic heterocycles. The second-order valence-electron chi connectivity index (χ2n) is 5.19. The molecule has 0 aliphatic rings. The van der Waals surface area contributed by atoms with Gasteiger partial charge in [-0.25, -0.2) is 21.6 Å². The van der Waals surface area contributed by atoms with Crippen molar-refractivity contribution < 1.29 is 16.8 Å². The number of hydrogen-bond donors (Lipinski definition) is 2. The number of nitrogens with one attached hydrogen (secondary N) is 2. The Balaban J connectivity index is 2.88. The minimum Gasteiger partial charge on any atom is -0.313 e. The molecule has 0 saturated heterocycles. The van der Waals surface area contributed by atoms with E-state index in [0.29, 0.717) is 0 Å². The number of benzene rings is 1. The van der Waals surface area contributed by atoms with Gasteiger partial charge in [0.25, 0.3) is 0 Å². The average molecular weight is 334 g/mol. The fourth-order valence-electron chi connectivity index (χ4n) is 1.92. The summed E-state index contributed by atoms with van der Waals surface area (Å²) in [5.74, 6) is -0.235. The molecule has 2 atom stereocenters. The minimum atomic E-state index is -3.72. The zero-order valence-electron chi connectivity index (χ0n) is 12.6. The quantitative estimate of drug-likeness (QED) is 0.765. The molecule has 1 aromatic carbocycles. The summed E-state index contributed by atoms with van der Waals surface area (Å²) < 4.78 is 49.0. The SMILES string of the molecule is CNC(C)c1ccc(S(=O)(=O)NC(C)CS(C)(=O)=O)cc1. The molecule has 0 amide bonds. The number of hydrogen-bond acceptors (Lipinski definition) is 5. The zero-order valence-corrected chi connectivity index (χ0v) is 14.3. The average Bonchev–Trinajstić information content (AvgIpc) is 2.35. The highest BCUT2D eigenvalue weighted by Crippen LogP contribution is 2.16. The summed E-state index contributed by atoms with van der Waals surface area (Å²) in [6.45, 7) is 3.49. The molecule has 2 unspecified atom stereocenters. The van der Waals surface area contributed by atoms with Crippen LogP contribution >= 0.6 is 0 Å². The number of sulfonamides is 1. The van der Waals surface area contributed by atoms with Crippen LogP contribution in [0.4, 0.5) is 0 Å². The van der Waals surface area contributed by atoms with Crippen LogP contribution in [0.2, 0.25) is 0 Å². The van der Waals surface area contributed by atoms with Gasteiger partial charge in [-0.15, -0.1) is 0 Å². The van der Waals surface area contributed by atoms with Crippen LogP contribution in [-0.2, 0) is 19.9 Å². The molecule has 2 N–H and O–H groups in total. The highest BCUT2D eigenvalue weighted by Gasteiger charge is 2.20. The van der Waals surface area contributed by atoms with Gasteiger partial charge in [-0.05, 0) is 38.6 Å². The van der Waals surface area contributed by atoms with Gasteiger partial charge in [0.05, 0.1) is 10.6 Å². The highest BCUT2D eigenvalue weighted by atomic mass is 32.2. The third kappa shape index (κ3) is 5.74. The van der Waals surface area contributed by atoms with E-state index < -0.39 is 25.9 Å².